The summed E-state index contributed by atoms with van der Waals surface area (Å²) in [5, 5.41) is 0.447. The molecule has 1 aliphatic heterocycles. The number of hydrogen-bond donors (Lipinski definition) is 1. The Morgan fingerprint density at radius 3 is 2.45 bits per heavy atom. The highest BCUT2D eigenvalue weighted by Crippen LogP contribution is 2.20. The molecule has 120 valence electrons. The van der Waals surface area contributed by atoms with E-state index < -0.39 is 12.1 Å². The smallest absolute Gasteiger partial charge is 0.341 e. The number of benzene rings is 1. The number of anilines is 1. The van der Waals surface area contributed by atoms with Crippen molar-refractivity contribution >= 4 is 29.2 Å². The molecular weight excluding hydrogens is 304 g/mol. The predicted molar refractivity (Wildman–Crippen MR) is 85.8 cm³/mol. The molecule has 0 spiro atoms. The van der Waals surface area contributed by atoms with Crippen LogP contribution in [-0.2, 0) is 9.53 Å². The van der Waals surface area contributed by atoms with Crippen molar-refractivity contribution in [3.63, 3.8) is 0 Å². The molecule has 22 heavy (non-hydrogen) atoms. The second kappa shape index (κ2) is 7.49. The van der Waals surface area contributed by atoms with Gasteiger partial charge >= 0.3 is 5.97 Å². The molecule has 0 unspecified atom stereocenters. The minimum absolute atomic E-state index is 0.150. The van der Waals surface area contributed by atoms with Crippen molar-refractivity contribution in [2.75, 3.05) is 18.8 Å². The van der Waals surface area contributed by atoms with Crippen LogP contribution in [0.5, 0.6) is 0 Å². The summed E-state index contributed by atoms with van der Waals surface area (Å²) in [5.41, 5.74) is 6.22. The lowest BCUT2D eigenvalue weighted by Crippen LogP contribution is -2.40. The highest BCUT2D eigenvalue weighted by molar-refractivity contribution is 6.31. The molecule has 1 fully saturated rings. The van der Waals surface area contributed by atoms with Crippen LogP contribution in [0, 0.1) is 0 Å². The monoisotopic (exact) mass is 324 g/mol. The van der Waals surface area contributed by atoms with E-state index >= 15 is 0 Å². The SMILES string of the molecule is C[C@H](OC(=O)c1ccc(Cl)cc1N)C(=O)N1CCCCCC1. The summed E-state index contributed by atoms with van der Waals surface area (Å²) in [6.07, 6.45) is 3.45. The zero-order valence-corrected chi connectivity index (χ0v) is 13.4. The highest BCUT2D eigenvalue weighted by Gasteiger charge is 2.25. The standard InChI is InChI=1S/C16H21ClN2O3/c1-11(15(20)19-8-4-2-3-5-9-19)22-16(21)13-7-6-12(17)10-14(13)18/h6-7,10-11H,2-5,8-9,18H2,1H3/t11-/m0/s1. The molecule has 2 rings (SSSR count). The molecule has 5 nitrogen and oxygen atoms in total. The van der Waals surface area contributed by atoms with Gasteiger partial charge in [0.2, 0.25) is 0 Å². The molecule has 0 saturated carbocycles. The predicted octanol–water partition coefficient (Wildman–Crippen LogP) is 2.87. The van der Waals surface area contributed by atoms with Crippen LogP contribution < -0.4 is 5.73 Å². The zero-order valence-electron chi connectivity index (χ0n) is 12.7. The quantitative estimate of drug-likeness (QED) is 0.685. The Labute approximate surface area is 135 Å². The van der Waals surface area contributed by atoms with Crippen LogP contribution in [0.25, 0.3) is 0 Å². The van der Waals surface area contributed by atoms with Crippen molar-refractivity contribution in [3.05, 3.63) is 28.8 Å². The number of nitrogens with two attached hydrogens (primary N) is 1. The molecule has 1 atom stereocenters. The minimum Gasteiger partial charge on any atom is -0.449 e. The molecular formula is C16H21ClN2O3. The van der Waals surface area contributed by atoms with Gasteiger partial charge in [0.1, 0.15) is 0 Å². The average Bonchev–Trinajstić information content (AvgIpc) is 2.75. The Morgan fingerprint density at radius 1 is 1.23 bits per heavy atom. The van der Waals surface area contributed by atoms with Crippen LogP contribution in [0.2, 0.25) is 5.02 Å². The third-order valence-electron chi connectivity index (χ3n) is 3.78. The molecule has 0 aliphatic carbocycles. The van der Waals surface area contributed by atoms with Gasteiger partial charge in [-0.1, -0.05) is 24.4 Å². The van der Waals surface area contributed by atoms with Gasteiger partial charge in [0.15, 0.2) is 6.10 Å². The maximum Gasteiger partial charge on any atom is 0.341 e. The van der Waals surface area contributed by atoms with E-state index in [2.05, 4.69) is 0 Å². The van der Waals surface area contributed by atoms with Crippen LogP contribution in [0.3, 0.4) is 0 Å². The largest absolute Gasteiger partial charge is 0.449 e. The van der Waals surface area contributed by atoms with Crippen LogP contribution >= 0.6 is 11.6 Å². The summed E-state index contributed by atoms with van der Waals surface area (Å²) < 4.78 is 5.26. The first-order valence-electron chi connectivity index (χ1n) is 7.54. The summed E-state index contributed by atoms with van der Waals surface area (Å²) in [4.78, 5) is 26.3. The number of rotatable bonds is 3. The van der Waals surface area contributed by atoms with Gasteiger partial charge < -0.3 is 15.4 Å². The van der Waals surface area contributed by atoms with Gasteiger partial charge in [0.05, 0.1) is 5.56 Å². The molecule has 0 aromatic heterocycles. The highest BCUT2D eigenvalue weighted by atomic mass is 35.5. The first kappa shape index (κ1) is 16.6. The van der Waals surface area contributed by atoms with Crippen LogP contribution in [0.1, 0.15) is 43.0 Å². The van der Waals surface area contributed by atoms with Gasteiger partial charge in [-0.2, -0.15) is 0 Å². The summed E-state index contributed by atoms with van der Waals surface area (Å²) in [5.74, 6) is -0.757. The lowest BCUT2D eigenvalue weighted by Gasteiger charge is -2.24. The van der Waals surface area contributed by atoms with E-state index in [1.807, 2.05) is 0 Å². The Balaban J connectivity index is 1.99. The molecule has 1 amide bonds. The number of carbonyl (C=O) groups excluding carboxylic acids is 2. The molecule has 2 N–H and O–H groups in total. The minimum atomic E-state index is -0.819. The number of nitrogen functional groups attached to an aromatic ring is 1. The number of amides is 1. The molecule has 0 bridgehead atoms. The molecule has 1 saturated heterocycles. The second-order valence-electron chi connectivity index (χ2n) is 5.52. The summed E-state index contributed by atoms with van der Waals surface area (Å²) in [6, 6.07) is 4.55. The van der Waals surface area contributed by atoms with Crippen molar-refractivity contribution in [2.45, 2.75) is 38.7 Å². The second-order valence-corrected chi connectivity index (χ2v) is 5.96. The maximum absolute atomic E-state index is 12.4. The summed E-state index contributed by atoms with van der Waals surface area (Å²) in [6.45, 7) is 3.05. The number of halogens is 1. The van der Waals surface area contributed by atoms with Crippen LogP contribution in [0.4, 0.5) is 5.69 Å². The van der Waals surface area contributed by atoms with Gasteiger partial charge in [-0.3, -0.25) is 4.79 Å². The van der Waals surface area contributed by atoms with E-state index in [0.29, 0.717) is 5.02 Å². The van der Waals surface area contributed by atoms with Crippen molar-refractivity contribution in [2.24, 2.45) is 0 Å². The molecule has 1 heterocycles. The topological polar surface area (TPSA) is 72.6 Å². The number of likely N-dealkylation sites (tertiary alicyclic amines) is 1. The van der Waals surface area contributed by atoms with E-state index in [4.69, 9.17) is 22.1 Å². The first-order valence-corrected chi connectivity index (χ1v) is 7.91. The van der Waals surface area contributed by atoms with E-state index in [9.17, 15) is 9.59 Å². The van der Waals surface area contributed by atoms with Crippen LogP contribution in [0.15, 0.2) is 18.2 Å². The van der Waals surface area contributed by atoms with Gasteiger partial charge in [0, 0.05) is 23.8 Å². The third-order valence-corrected chi connectivity index (χ3v) is 4.02. The van der Waals surface area contributed by atoms with E-state index in [1.165, 1.54) is 12.1 Å². The number of hydrogen-bond acceptors (Lipinski definition) is 4. The number of carbonyl (C=O) groups is 2. The Hall–Kier alpha value is -1.75. The fourth-order valence-corrected chi connectivity index (χ4v) is 2.72. The summed E-state index contributed by atoms with van der Waals surface area (Å²) >= 11 is 5.80. The fourth-order valence-electron chi connectivity index (χ4n) is 2.54. The lowest BCUT2D eigenvalue weighted by molar-refractivity contribution is -0.139. The zero-order chi connectivity index (χ0) is 16.1. The Morgan fingerprint density at radius 2 is 1.86 bits per heavy atom. The normalized spacial score (nSPS) is 16.7. The maximum atomic E-state index is 12.4. The third kappa shape index (κ3) is 4.13. The van der Waals surface area contributed by atoms with Crippen molar-refractivity contribution in [3.8, 4) is 0 Å². The Kier molecular flexibility index (Phi) is 5.66. The van der Waals surface area contributed by atoms with Gasteiger partial charge in [0.25, 0.3) is 5.91 Å². The molecule has 0 radical (unpaired) electrons. The van der Waals surface area contributed by atoms with E-state index in [-0.39, 0.29) is 17.2 Å². The van der Waals surface area contributed by atoms with Crippen molar-refractivity contribution in [1.82, 2.24) is 4.90 Å². The fraction of sp³-hybridized carbons (Fsp3) is 0.500. The number of ether oxygens (including phenoxy) is 1. The molecule has 1 aliphatic rings. The molecule has 1 aromatic rings. The first-order chi connectivity index (χ1) is 10.5. The number of esters is 1. The van der Waals surface area contributed by atoms with Gasteiger partial charge in [-0.25, -0.2) is 4.79 Å². The van der Waals surface area contributed by atoms with Crippen LogP contribution in [-0.4, -0.2) is 36.0 Å². The molecule has 6 heteroatoms. The van der Waals surface area contributed by atoms with Crippen molar-refractivity contribution < 1.29 is 14.3 Å². The Bertz CT molecular complexity index is 554. The van der Waals surface area contributed by atoms with Crippen molar-refractivity contribution in [1.29, 1.82) is 0 Å². The summed E-state index contributed by atoms with van der Waals surface area (Å²) in [7, 11) is 0. The van der Waals surface area contributed by atoms with E-state index in [1.54, 1.807) is 17.9 Å². The average molecular weight is 325 g/mol. The molecule has 1 aromatic carbocycles. The lowest BCUT2D eigenvalue weighted by atomic mass is 10.2. The van der Waals surface area contributed by atoms with Gasteiger partial charge in [-0.05, 0) is 38.0 Å². The van der Waals surface area contributed by atoms with E-state index in [0.717, 1.165) is 38.8 Å². The number of nitrogens with zero attached hydrogens (tertiary/aromatic N) is 1. The van der Waals surface area contributed by atoms with Gasteiger partial charge in [-0.15, -0.1) is 0 Å².